The van der Waals surface area contributed by atoms with Gasteiger partial charge in [0.05, 0.1) is 6.61 Å². The number of terminal acetylenes is 1. The summed E-state index contributed by atoms with van der Waals surface area (Å²) in [7, 11) is 1.90. The van der Waals surface area contributed by atoms with Crippen molar-refractivity contribution in [3.63, 3.8) is 0 Å². The standard InChI is InChI=1S/C19H20N2O3/c1-3-14-24-18-10-4-15(5-11-18)19(23)20-16-6-8-17(9-7-16)21(2)12-13-22/h1,4-11,22H,12-14H2,2H3,(H,20,23). The highest BCUT2D eigenvalue weighted by Crippen LogP contribution is 2.18. The van der Waals surface area contributed by atoms with Gasteiger partial charge in [-0.2, -0.15) is 0 Å². The average Bonchev–Trinajstić information content (AvgIpc) is 2.61. The van der Waals surface area contributed by atoms with Crippen LogP contribution in [0.4, 0.5) is 11.4 Å². The van der Waals surface area contributed by atoms with Crippen LogP contribution in [0.25, 0.3) is 0 Å². The third-order valence-corrected chi connectivity index (χ3v) is 3.44. The predicted octanol–water partition coefficient (Wildman–Crippen LogP) is 2.38. The molecule has 0 saturated heterocycles. The molecule has 0 saturated carbocycles. The number of ether oxygens (including phenoxy) is 1. The molecule has 5 nitrogen and oxygen atoms in total. The van der Waals surface area contributed by atoms with Crippen LogP contribution < -0.4 is 15.0 Å². The van der Waals surface area contributed by atoms with E-state index in [1.165, 1.54) is 0 Å². The van der Waals surface area contributed by atoms with Gasteiger partial charge in [0.15, 0.2) is 0 Å². The number of rotatable bonds is 7. The van der Waals surface area contributed by atoms with Crippen LogP contribution >= 0.6 is 0 Å². The summed E-state index contributed by atoms with van der Waals surface area (Å²) in [5.41, 5.74) is 2.20. The maximum absolute atomic E-state index is 12.2. The molecule has 0 spiro atoms. The van der Waals surface area contributed by atoms with E-state index in [4.69, 9.17) is 16.3 Å². The maximum Gasteiger partial charge on any atom is 0.255 e. The Morgan fingerprint density at radius 2 is 1.88 bits per heavy atom. The highest BCUT2D eigenvalue weighted by atomic mass is 16.5. The number of aliphatic hydroxyl groups excluding tert-OH is 1. The van der Waals surface area contributed by atoms with E-state index in [0.717, 1.165) is 5.69 Å². The molecule has 0 fully saturated rings. The monoisotopic (exact) mass is 324 g/mol. The topological polar surface area (TPSA) is 61.8 Å². The predicted molar refractivity (Wildman–Crippen MR) is 95.5 cm³/mol. The molecule has 0 bridgehead atoms. The zero-order valence-electron chi connectivity index (χ0n) is 13.5. The number of hydrogen-bond donors (Lipinski definition) is 2. The second-order valence-electron chi connectivity index (χ2n) is 5.16. The molecular formula is C19H20N2O3. The summed E-state index contributed by atoms with van der Waals surface area (Å²) in [6.07, 6.45) is 5.13. The zero-order valence-corrected chi connectivity index (χ0v) is 13.5. The van der Waals surface area contributed by atoms with Gasteiger partial charge >= 0.3 is 0 Å². The first-order valence-corrected chi connectivity index (χ1v) is 7.54. The van der Waals surface area contributed by atoms with Crippen LogP contribution in [0.1, 0.15) is 10.4 Å². The first kappa shape index (κ1) is 17.4. The number of likely N-dealkylation sites (N-methyl/N-ethyl adjacent to an activating group) is 1. The third kappa shape index (κ3) is 4.77. The van der Waals surface area contributed by atoms with Crippen LogP contribution in [-0.4, -0.2) is 37.8 Å². The number of aliphatic hydroxyl groups is 1. The van der Waals surface area contributed by atoms with Gasteiger partial charge in [0.25, 0.3) is 5.91 Å². The first-order chi connectivity index (χ1) is 11.6. The van der Waals surface area contributed by atoms with Gasteiger partial charge in [-0.3, -0.25) is 4.79 Å². The van der Waals surface area contributed by atoms with Gasteiger partial charge < -0.3 is 20.1 Å². The first-order valence-electron chi connectivity index (χ1n) is 7.54. The van der Waals surface area contributed by atoms with Gasteiger partial charge in [0, 0.05) is 30.5 Å². The van der Waals surface area contributed by atoms with Crippen molar-refractivity contribution in [2.75, 3.05) is 37.0 Å². The lowest BCUT2D eigenvalue weighted by Crippen LogP contribution is -2.21. The molecule has 2 aromatic rings. The highest BCUT2D eigenvalue weighted by Gasteiger charge is 2.07. The van der Waals surface area contributed by atoms with Crippen molar-refractivity contribution in [2.45, 2.75) is 0 Å². The van der Waals surface area contributed by atoms with Crippen LogP contribution in [0.15, 0.2) is 48.5 Å². The Morgan fingerprint density at radius 3 is 2.46 bits per heavy atom. The minimum Gasteiger partial charge on any atom is -0.481 e. The lowest BCUT2D eigenvalue weighted by molar-refractivity contribution is 0.102. The Labute approximate surface area is 141 Å². The number of nitrogens with one attached hydrogen (secondary N) is 1. The Kier molecular flexibility index (Phi) is 6.23. The average molecular weight is 324 g/mol. The Bertz CT molecular complexity index is 703. The normalized spacial score (nSPS) is 9.88. The fourth-order valence-electron chi connectivity index (χ4n) is 2.11. The van der Waals surface area contributed by atoms with E-state index in [1.807, 2.05) is 36.2 Å². The van der Waals surface area contributed by atoms with Crippen molar-refractivity contribution in [1.29, 1.82) is 0 Å². The van der Waals surface area contributed by atoms with E-state index in [9.17, 15) is 4.79 Å². The number of amides is 1. The molecule has 0 atom stereocenters. The number of carbonyl (C=O) groups excluding carboxylic acids is 1. The summed E-state index contributed by atoms with van der Waals surface area (Å²) < 4.78 is 5.27. The van der Waals surface area contributed by atoms with Crippen LogP contribution in [0.5, 0.6) is 5.75 Å². The van der Waals surface area contributed by atoms with Crippen molar-refractivity contribution < 1.29 is 14.6 Å². The van der Waals surface area contributed by atoms with Crippen LogP contribution in [0.3, 0.4) is 0 Å². The van der Waals surface area contributed by atoms with Gasteiger partial charge in [-0.05, 0) is 48.5 Å². The van der Waals surface area contributed by atoms with Crippen LogP contribution in [-0.2, 0) is 0 Å². The molecule has 0 aliphatic rings. The summed E-state index contributed by atoms with van der Waals surface area (Å²) in [5.74, 6) is 2.81. The quantitative estimate of drug-likeness (QED) is 0.768. The highest BCUT2D eigenvalue weighted by molar-refractivity contribution is 6.04. The molecule has 5 heteroatoms. The van der Waals surface area contributed by atoms with Crippen molar-refractivity contribution >= 4 is 17.3 Å². The zero-order chi connectivity index (χ0) is 17.4. The number of hydrogen-bond acceptors (Lipinski definition) is 4. The van der Waals surface area contributed by atoms with Crippen LogP contribution in [0, 0.1) is 12.3 Å². The number of carbonyl (C=O) groups is 1. The molecule has 2 N–H and O–H groups in total. The Morgan fingerprint density at radius 1 is 1.21 bits per heavy atom. The molecule has 124 valence electrons. The number of anilines is 2. The second-order valence-corrected chi connectivity index (χ2v) is 5.16. The molecule has 24 heavy (non-hydrogen) atoms. The minimum absolute atomic E-state index is 0.0933. The van der Waals surface area contributed by atoms with Gasteiger partial charge in [0.2, 0.25) is 0 Å². The second kappa shape index (κ2) is 8.61. The summed E-state index contributed by atoms with van der Waals surface area (Å²) in [4.78, 5) is 14.2. The molecule has 0 aromatic heterocycles. The van der Waals surface area contributed by atoms with E-state index in [0.29, 0.717) is 23.5 Å². The molecule has 0 aliphatic heterocycles. The van der Waals surface area contributed by atoms with Crippen LogP contribution in [0.2, 0.25) is 0 Å². The largest absolute Gasteiger partial charge is 0.481 e. The van der Waals surface area contributed by atoms with Crippen molar-refractivity contribution in [2.24, 2.45) is 0 Å². The molecule has 1 amide bonds. The van der Waals surface area contributed by atoms with E-state index >= 15 is 0 Å². The Balaban J connectivity index is 1.97. The smallest absolute Gasteiger partial charge is 0.255 e. The van der Waals surface area contributed by atoms with E-state index in [2.05, 4.69) is 11.2 Å². The van der Waals surface area contributed by atoms with E-state index < -0.39 is 0 Å². The number of nitrogens with zero attached hydrogens (tertiary/aromatic N) is 1. The van der Waals surface area contributed by atoms with Gasteiger partial charge in [0.1, 0.15) is 12.4 Å². The van der Waals surface area contributed by atoms with E-state index in [1.54, 1.807) is 24.3 Å². The lowest BCUT2D eigenvalue weighted by Gasteiger charge is -2.18. The SMILES string of the molecule is C#CCOc1ccc(C(=O)Nc2ccc(N(C)CCO)cc2)cc1. The van der Waals surface area contributed by atoms with Gasteiger partial charge in [-0.25, -0.2) is 0 Å². The molecular weight excluding hydrogens is 304 g/mol. The van der Waals surface area contributed by atoms with Crippen molar-refractivity contribution in [3.05, 3.63) is 54.1 Å². The third-order valence-electron chi connectivity index (χ3n) is 3.44. The summed E-state index contributed by atoms with van der Waals surface area (Å²) >= 11 is 0. The molecule has 0 heterocycles. The maximum atomic E-state index is 12.2. The number of benzene rings is 2. The molecule has 0 radical (unpaired) electrons. The molecule has 2 rings (SSSR count). The molecule has 0 unspecified atom stereocenters. The van der Waals surface area contributed by atoms with Gasteiger partial charge in [-0.15, -0.1) is 6.42 Å². The molecule has 2 aromatic carbocycles. The summed E-state index contributed by atoms with van der Waals surface area (Å²) in [6, 6.07) is 14.2. The summed E-state index contributed by atoms with van der Waals surface area (Å²) in [6.45, 7) is 0.846. The van der Waals surface area contributed by atoms with Crippen molar-refractivity contribution in [1.82, 2.24) is 0 Å². The van der Waals surface area contributed by atoms with E-state index in [-0.39, 0.29) is 19.1 Å². The molecule has 0 aliphatic carbocycles. The fourth-order valence-corrected chi connectivity index (χ4v) is 2.11. The lowest BCUT2D eigenvalue weighted by atomic mass is 10.2. The van der Waals surface area contributed by atoms with Gasteiger partial charge in [-0.1, -0.05) is 5.92 Å². The summed E-state index contributed by atoms with van der Waals surface area (Å²) in [5, 5.41) is 11.8. The van der Waals surface area contributed by atoms with Crippen molar-refractivity contribution in [3.8, 4) is 18.1 Å². The minimum atomic E-state index is -0.199. The fraction of sp³-hybridized carbons (Fsp3) is 0.211. The Hall–Kier alpha value is -2.97.